The first-order valence-electron chi connectivity index (χ1n) is 4.53. The number of amides is 2. The Kier molecular flexibility index (Phi) is 3.86. The molecule has 2 amide bonds. The van der Waals surface area contributed by atoms with Gasteiger partial charge in [-0.15, -0.1) is 10.1 Å². The van der Waals surface area contributed by atoms with Gasteiger partial charge in [0.1, 0.15) is 18.8 Å². The zero-order valence-electron chi connectivity index (χ0n) is 8.47. The standard InChI is InChI=1S/C7H11N3O6/c1-4-5(9-7(12)16-4)6(11)8-2-3-15-10(13)14/h4-5H,2-3H2,1H3,(H,8,11)(H,9,12)/t4-,5+/m1/s1. The maximum Gasteiger partial charge on any atom is 0.408 e. The van der Waals surface area contributed by atoms with Crippen LogP contribution in [0.5, 0.6) is 0 Å². The number of nitrogens with zero attached hydrogens (tertiary/aromatic N) is 1. The number of cyclic esters (lactones) is 1. The smallest absolute Gasteiger partial charge is 0.408 e. The Bertz CT molecular complexity index is 306. The van der Waals surface area contributed by atoms with Gasteiger partial charge in [-0.3, -0.25) is 4.79 Å². The molecular weight excluding hydrogens is 222 g/mol. The van der Waals surface area contributed by atoms with Crippen molar-refractivity contribution in [3.05, 3.63) is 10.1 Å². The molecule has 1 aliphatic heterocycles. The predicted molar refractivity (Wildman–Crippen MR) is 48.8 cm³/mol. The first-order valence-corrected chi connectivity index (χ1v) is 4.53. The molecule has 1 fully saturated rings. The zero-order chi connectivity index (χ0) is 12.1. The van der Waals surface area contributed by atoms with Crippen LogP contribution in [0.4, 0.5) is 4.79 Å². The Labute approximate surface area is 90.2 Å². The largest absolute Gasteiger partial charge is 0.444 e. The molecule has 2 atom stereocenters. The van der Waals surface area contributed by atoms with Crippen LogP contribution >= 0.6 is 0 Å². The molecule has 1 heterocycles. The monoisotopic (exact) mass is 233 g/mol. The third-order valence-corrected chi connectivity index (χ3v) is 1.92. The van der Waals surface area contributed by atoms with E-state index >= 15 is 0 Å². The van der Waals surface area contributed by atoms with Crippen LogP contribution in [0.2, 0.25) is 0 Å². The van der Waals surface area contributed by atoms with E-state index < -0.39 is 29.2 Å². The van der Waals surface area contributed by atoms with E-state index in [1.54, 1.807) is 6.92 Å². The Morgan fingerprint density at radius 2 is 2.44 bits per heavy atom. The van der Waals surface area contributed by atoms with Crippen LogP contribution in [0.25, 0.3) is 0 Å². The van der Waals surface area contributed by atoms with E-state index in [1.165, 1.54) is 0 Å². The van der Waals surface area contributed by atoms with Crippen molar-refractivity contribution in [1.82, 2.24) is 10.6 Å². The maximum absolute atomic E-state index is 11.4. The van der Waals surface area contributed by atoms with Crippen LogP contribution in [0.3, 0.4) is 0 Å². The second-order valence-electron chi connectivity index (χ2n) is 3.08. The molecule has 1 rings (SSSR count). The quantitative estimate of drug-likeness (QED) is 0.350. The van der Waals surface area contributed by atoms with Crippen molar-refractivity contribution in [3.63, 3.8) is 0 Å². The van der Waals surface area contributed by atoms with Crippen molar-refractivity contribution in [1.29, 1.82) is 0 Å². The SMILES string of the molecule is C[C@H]1OC(=O)N[C@@H]1C(=O)NCCO[N+](=O)[O-]. The summed E-state index contributed by atoms with van der Waals surface area (Å²) in [6.45, 7) is 1.31. The topological polar surface area (TPSA) is 120 Å². The summed E-state index contributed by atoms with van der Waals surface area (Å²) in [6.07, 6.45) is -1.22. The fourth-order valence-electron chi connectivity index (χ4n) is 1.20. The third-order valence-electron chi connectivity index (χ3n) is 1.92. The van der Waals surface area contributed by atoms with Gasteiger partial charge in [0.25, 0.3) is 5.09 Å². The highest BCUT2D eigenvalue weighted by Gasteiger charge is 2.35. The molecule has 0 bridgehead atoms. The van der Waals surface area contributed by atoms with Crippen molar-refractivity contribution >= 4 is 12.0 Å². The van der Waals surface area contributed by atoms with Crippen LogP contribution in [0.15, 0.2) is 0 Å². The van der Waals surface area contributed by atoms with Crippen LogP contribution in [0.1, 0.15) is 6.92 Å². The Balaban J connectivity index is 2.25. The molecular formula is C7H11N3O6. The molecule has 0 saturated carbocycles. The lowest BCUT2D eigenvalue weighted by atomic mass is 10.2. The summed E-state index contributed by atoms with van der Waals surface area (Å²) in [5.74, 6) is -0.467. The first kappa shape index (κ1) is 12.0. The zero-order valence-corrected chi connectivity index (χ0v) is 8.47. The third kappa shape index (κ3) is 3.26. The second kappa shape index (κ2) is 5.14. The molecule has 1 aliphatic rings. The van der Waals surface area contributed by atoms with Gasteiger partial charge in [0.05, 0.1) is 0 Å². The van der Waals surface area contributed by atoms with Crippen LogP contribution < -0.4 is 10.6 Å². The van der Waals surface area contributed by atoms with Crippen LogP contribution in [-0.2, 0) is 14.4 Å². The highest BCUT2D eigenvalue weighted by molar-refractivity contribution is 5.88. The summed E-state index contributed by atoms with van der Waals surface area (Å²) < 4.78 is 4.69. The minimum atomic E-state index is -0.949. The molecule has 2 N–H and O–H groups in total. The molecule has 16 heavy (non-hydrogen) atoms. The summed E-state index contributed by atoms with van der Waals surface area (Å²) in [6, 6.07) is -0.775. The minimum Gasteiger partial charge on any atom is -0.444 e. The number of carbonyl (C=O) groups is 2. The summed E-state index contributed by atoms with van der Waals surface area (Å²) >= 11 is 0. The van der Waals surface area contributed by atoms with Gasteiger partial charge in [0.2, 0.25) is 5.91 Å². The highest BCUT2D eigenvalue weighted by atomic mass is 16.9. The van der Waals surface area contributed by atoms with Crippen molar-refractivity contribution in [2.45, 2.75) is 19.1 Å². The average Bonchev–Trinajstić information content (AvgIpc) is 2.52. The normalized spacial score (nSPS) is 23.2. The first-order chi connectivity index (χ1) is 7.50. The molecule has 0 aromatic carbocycles. The molecule has 0 aromatic heterocycles. The van der Waals surface area contributed by atoms with Crippen molar-refractivity contribution in [2.75, 3.05) is 13.2 Å². The summed E-state index contributed by atoms with van der Waals surface area (Å²) in [5, 5.41) is 13.5. The lowest BCUT2D eigenvalue weighted by Crippen LogP contribution is -2.46. The van der Waals surface area contributed by atoms with Crippen LogP contribution in [-0.4, -0.2) is 42.4 Å². The van der Waals surface area contributed by atoms with E-state index in [9.17, 15) is 19.7 Å². The molecule has 0 aliphatic carbocycles. The maximum atomic E-state index is 11.4. The fourth-order valence-corrected chi connectivity index (χ4v) is 1.20. The van der Waals surface area contributed by atoms with Gasteiger partial charge in [0, 0.05) is 6.54 Å². The molecule has 9 nitrogen and oxygen atoms in total. The fraction of sp³-hybridized carbons (Fsp3) is 0.714. The van der Waals surface area contributed by atoms with Crippen LogP contribution in [0, 0.1) is 10.1 Å². The van der Waals surface area contributed by atoms with E-state index in [-0.39, 0.29) is 13.2 Å². The molecule has 0 aromatic rings. The number of ether oxygens (including phenoxy) is 1. The predicted octanol–water partition coefficient (Wildman–Crippen LogP) is -1.19. The molecule has 9 heteroatoms. The minimum absolute atomic E-state index is 0.0150. The van der Waals surface area contributed by atoms with Gasteiger partial charge in [-0.05, 0) is 6.92 Å². The van der Waals surface area contributed by atoms with Crippen molar-refractivity contribution in [2.24, 2.45) is 0 Å². The van der Waals surface area contributed by atoms with Crippen molar-refractivity contribution in [3.8, 4) is 0 Å². The van der Waals surface area contributed by atoms with E-state index in [1.807, 2.05) is 0 Å². The van der Waals surface area contributed by atoms with Crippen molar-refractivity contribution < 1.29 is 24.3 Å². The number of carbonyl (C=O) groups excluding carboxylic acids is 2. The van der Waals surface area contributed by atoms with Gasteiger partial charge >= 0.3 is 6.09 Å². The Hall–Kier alpha value is -2.06. The van der Waals surface area contributed by atoms with Gasteiger partial charge in [-0.25, -0.2) is 4.79 Å². The van der Waals surface area contributed by atoms with E-state index in [0.29, 0.717) is 0 Å². The van der Waals surface area contributed by atoms with E-state index in [2.05, 4.69) is 20.2 Å². The van der Waals surface area contributed by atoms with E-state index in [4.69, 9.17) is 0 Å². The molecule has 1 saturated heterocycles. The number of hydrogen-bond donors (Lipinski definition) is 2. The van der Waals surface area contributed by atoms with Gasteiger partial charge in [-0.1, -0.05) is 0 Å². The average molecular weight is 233 g/mol. The lowest BCUT2D eigenvalue weighted by Gasteiger charge is -2.12. The Morgan fingerprint density at radius 3 is 2.94 bits per heavy atom. The Morgan fingerprint density at radius 1 is 1.75 bits per heavy atom. The van der Waals surface area contributed by atoms with Gasteiger partial charge < -0.3 is 20.2 Å². The number of rotatable bonds is 5. The number of nitrogens with one attached hydrogen (secondary N) is 2. The summed E-state index contributed by atoms with van der Waals surface area (Å²) in [5.41, 5.74) is 0. The molecule has 0 radical (unpaired) electrons. The molecule has 0 spiro atoms. The number of alkyl carbamates (subject to hydrolysis) is 1. The molecule has 90 valence electrons. The second-order valence-corrected chi connectivity index (χ2v) is 3.08. The summed E-state index contributed by atoms with van der Waals surface area (Å²) in [4.78, 5) is 36.0. The summed E-state index contributed by atoms with van der Waals surface area (Å²) in [7, 11) is 0. The highest BCUT2D eigenvalue weighted by Crippen LogP contribution is 2.07. The lowest BCUT2D eigenvalue weighted by molar-refractivity contribution is -0.757. The van der Waals surface area contributed by atoms with Gasteiger partial charge in [0.15, 0.2) is 0 Å². The van der Waals surface area contributed by atoms with E-state index in [0.717, 1.165) is 0 Å². The van der Waals surface area contributed by atoms with Gasteiger partial charge in [-0.2, -0.15) is 0 Å². The molecule has 0 unspecified atom stereocenters. The number of hydrogen-bond acceptors (Lipinski definition) is 6.